The molecule has 0 radical (unpaired) electrons. The number of aliphatic carboxylic acids is 1. The van der Waals surface area contributed by atoms with Crippen molar-refractivity contribution in [1.82, 2.24) is 58.1 Å². The second-order valence-electron chi connectivity index (χ2n) is 21.4. The molecule has 3 rings (SSSR count). The Hall–Kier alpha value is -7.60. The second-order valence-corrected chi connectivity index (χ2v) is 23.0. The third-order valence-electron chi connectivity index (χ3n) is 14.1. The molecule has 0 aliphatic carbocycles. The third kappa shape index (κ3) is 23.6. The van der Waals surface area contributed by atoms with E-state index in [0.29, 0.717) is 24.8 Å². The van der Waals surface area contributed by atoms with Crippen LogP contribution < -0.4 is 64.6 Å². The number of hydrogen-bond acceptors (Lipinski definition) is 16. The number of nitrogens with two attached hydrogens (primary N) is 2. The maximum absolute atomic E-state index is 14.2. The van der Waals surface area contributed by atoms with Crippen molar-refractivity contribution in [3.63, 3.8) is 0 Å². The number of benzene rings is 1. The van der Waals surface area contributed by atoms with Crippen LogP contribution in [0.5, 0.6) is 0 Å². The minimum absolute atomic E-state index is 0.00351. The van der Waals surface area contributed by atoms with E-state index in [4.69, 9.17) is 11.5 Å². The fourth-order valence-electron chi connectivity index (χ4n) is 9.21. The summed E-state index contributed by atoms with van der Waals surface area (Å²) in [4.78, 5) is 174. The molecule has 468 valence electrons. The molecular weight excluding hydrogens is 1120 g/mol. The average Bonchev–Trinajstić information content (AvgIpc) is 3.89. The Morgan fingerprint density at radius 3 is 1.92 bits per heavy atom. The minimum Gasteiger partial charge on any atom is -0.481 e. The van der Waals surface area contributed by atoms with Crippen molar-refractivity contribution in [1.29, 1.82) is 0 Å². The molecule has 1 aromatic rings. The maximum Gasteiger partial charge on any atom is 0.305 e. The molecule has 12 amide bonds. The Kier molecular flexibility index (Phi) is 29.9. The van der Waals surface area contributed by atoms with E-state index in [0.717, 1.165) is 0 Å². The summed E-state index contributed by atoms with van der Waals surface area (Å²) in [6.45, 7) is 7.01. The Labute approximate surface area is 490 Å². The number of aliphatic hydroxyl groups excluding tert-OH is 1. The van der Waals surface area contributed by atoms with Crippen molar-refractivity contribution in [3.05, 3.63) is 35.9 Å². The van der Waals surface area contributed by atoms with Gasteiger partial charge in [0.2, 0.25) is 70.9 Å². The van der Waals surface area contributed by atoms with Gasteiger partial charge in [0.05, 0.1) is 19.6 Å². The largest absolute Gasteiger partial charge is 0.481 e. The number of carboxylic acids is 1. The van der Waals surface area contributed by atoms with Crippen LogP contribution in [-0.2, 0) is 79.5 Å². The summed E-state index contributed by atoms with van der Waals surface area (Å²) >= 11 is 0. The Morgan fingerprint density at radius 1 is 0.726 bits per heavy atom. The Balaban J connectivity index is 1.75. The molecule has 1 aromatic carbocycles. The third-order valence-corrected chi connectivity index (χ3v) is 14.9. The first kappa shape index (κ1) is 70.7. The SMILES string of the molecule is CC[C@H](C)[C@H](NC(=O)[C@H](Cc1ccccc1)NC(=O)[C@H](C)NC(=O)[C@H](CC(=O)O)NC(=O)[C@H](CCCCN)NC(=O)[C@H](CO)NC(=O)[C@@H]1CCCN1C(=O)[C@@H]1CCC(=O)N1)C(=O)NCC(=O)N[C@@H](CC(C)C)C(=O)N[C@@H](CCS(C)=O)C(N)=O. The van der Waals surface area contributed by atoms with Crippen LogP contribution in [-0.4, -0.2) is 195 Å². The van der Waals surface area contributed by atoms with Crippen LogP contribution in [0, 0.1) is 11.8 Å². The highest BCUT2D eigenvalue weighted by Gasteiger charge is 2.41. The lowest BCUT2D eigenvalue weighted by molar-refractivity contribution is -0.142. The number of carbonyl (C=O) groups is 13. The van der Waals surface area contributed by atoms with Gasteiger partial charge in [0.15, 0.2) is 0 Å². The molecule has 29 nitrogen and oxygen atoms in total. The topological polar surface area (TPSA) is 455 Å². The summed E-state index contributed by atoms with van der Waals surface area (Å²) < 4.78 is 11.6. The van der Waals surface area contributed by atoms with Gasteiger partial charge in [0, 0.05) is 42.2 Å². The summed E-state index contributed by atoms with van der Waals surface area (Å²) in [5.74, 6) is -11.9. The molecule has 30 heteroatoms. The fourth-order valence-corrected chi connectivity index (χ4v) is 9.78. The summed E-state index contributed by atoms with van der Waals surface area (Å²) in [7, 11) is -1.28. The van der Waals surface area contributed by atoms with Gasteiger partial charge in [0.25, 0.3) is 0 Å². The first-order valence-electron chi connectivity index (χ1n) is 28.1. The summed E-state index contributed by atoms with van der Waals surface area (Å²) in [6, 6.07) is -4.93. The molecule has 0 aromatic heterocycles. The Bertz CT molecular complexity index is 2520. The number of amides is 12. The van der Waals surface area contributed by atoms with E-state index >= 15 is 0 Å². The number of likely N-dealkylation sites (tertiary alicyclic amines) is 1. The highest BCUT2D eigenvalue weighted by Crippen LogP contribution is 2.22. The van der Waals surface area contributed by atoms with Crippen LogP contribution in [0.25, 0.3) is 0 Å². The van der Waals surface area contributed by atoms with Gasteiger partial charge >= 0.3 is 5.97 Å². The zero-order chi connectivity index (χ0) is 62.8. The van der Waals surface area contributed by atoms with Gasteiger partial charge in [-0.1, -0.05) is 64.4 Å². The predicted molar refractivity (Wildman–Crippen MR) is 304 cm³/mol. The number of rotatable bonds is 36. The summed E-state index contributed by atoms with van der Waals surface area (Å²) in [5.41, 5.74) is 11.7. The first-order valence-corrected chi connectivity index (χ1v) is 29.9. The van der Waals surface area contributed by atoms with Crippen molar-refractivity contribution in [3.8, 4) is 0 Å². The molecule has 0 bridgehead atoms. The number of unbranched alkanes of at least 4 members (excludes halogenated alkanes) is 1. The molecule has 2 fully saturated rings. The molecular formula is C54H85N13O16S. The predicted octanol–water partition coefficient (Wildman–Crippen LogP) is -4.54. The molecule has 2 heterocycles. The number of carbonyl (C=O) groups excluding carboxylic acids is 12. The van der Waals surface area contributed by atoms with Crippen LogP contribution >= 0.6 is 0 Å². The van der Waals surface area contributed by atoms with E-state index in [2.05, 4.69) is 53.2 Å². The van der Waals surface area contributed by atoms with Gasteiger partial charge < -0.3 is 79.7 Å². The number of hydrogen-bond donors (Lipinski definition) is 14. The van der Waals surface area contributed by atoms with Crippen LogP contribution in [0.2, 0.25) is 0 Å². The molecule has 12 atom stereocenters. The van der Waals surface area contributed by atoms with Crippen molar-refractivity contribution in [2.75, 3.05) is 38.2 Å². The first-order chi connectivity index (χ1) is 39.7. The van der Waals surface area contributed by atoms with E-state index in [1.165, 1.54) is 18.1 Å². The van der Waals surface area contributed by atoms with Crippen LogP contribution in [0.4, 0.5) is 0 Å². The van der Waals surface area contributed by atoms with E-state index < -0.39 is 168 Å². The second kappa shape index (κ2) is 35.5. The number of nitrogens with one attached hydrogen (secondary N) is 10. The van der Waals surface area contributed by atoms with Gasteiger partial charge in [-0.05, 0) is 82.2 Å². The fraction of sp³-hybridized carbons (Fsp3) is 0.648. The normalized spacial score (nSPS) is 18.3. The standard InChI is InChI=1S/C54H85N13O16S/c1-7-30(4)44(53(81)57-27-42(70)60-36(24-29(2)3)49(77)61-33(45(56)73)20-23-84(6)83)66-50(78)37(25-32-14-9-8-10-15-32)63-46(74)31(5)58-48(76)38(26-43(71)72)64-47(75)34(16-11-12-21-55)62-51(79)39(28-68)65-52(80)40-17-13-22-67(40)54(82)35-18-19-41(69)59-35/h8-10,14-15,29-31,33-40,44,68H,7,11-13,16-28,55H2,1-6H3,(H2,56,73)(H,57,81)(H,58,76)(H,59,69)(H,60,70)(H,61,77)(H,62,79)(H,63,74)(H,64,75)(H,65,80)(H,66,78)(H,71,72)/t30-,31-,33-,34-,35-,36-,37-,38-,39-,40-,44-,84?/m0/s1. The van der Waals surface area contributed by atoms with Crippen LogP contribution in [0.15, 0.2) is 30.3 Å². The zero-order valence-corrected chi connectivity index (χ0v) is 49.3. The lowest BCUT2D eigenvalue weighted by Crippen LogP contribution is -2.61. The number of aliphatic hydroxyl groups is 1. The lowest BCUT2D eigenvalue weighted by atomic mass is 9.97. The van der Waals surface area contributed by atoms with Crippen LogP contribution in [0.3, 0.4) is 0 Å². The van der Waals surface area contributed by atoms with Crippen molar-refractivity contribution in [2.45, 2.75) is 172 Å². The molecule has 1 unspecified atom stereocenters. The minimum atomic E-state index is -1.86. The summed E-state index contributed by atoms with van der Waals surface area (Å²) in [5, 5.41) is 44.9. The van der Waals surface area contributed by atoms with Gasteiger partial charge in [-0.15, -0.1) is 0 Å². The van der Waals surface area contributed by atoms with E-state index in [-0.39, 0.29) is 82.0 Å². The number of carboxylic acid groups (broad SMARTS) is 1. The van der Waals surface area contributed by atoms with Crippen molar-refractivity contribution < 1.29 is 76.8 Å². The summed E-state index contributed by atoms with van der Waals surface area (Å²) in [6.07, 6.45) is 2.31. The Morgan fingerprint density at radius 2 is 1.33 bits per heavy atom. The highest BCUT2D eigenvalue weighted by molar-refractivity contribution is 7.84. The van der Waals surface area contributed by atoms with Gasteiger partial charge in [0.1, 0.15) is 60.4 Å². The van der Waals surface area contributed by atoms with Gasteiger partial charge in [-0.3, -0.25) is 66.5 Å². The zero-order valence-electron chi connectivity index (χ0n) is 48.5. The maximum atomic E-state index is 14.2. The van der Waals surface area contributed by atoms with Gasteiger partial charge in [-0.25, -0.2) is 0 Å². The number of primary amides is 1. The molecule has 0 spiro atoms. The molecule has 2 aliphatic heterocycles. The van der Waals surface area contributed by atoms with Crippen LogP contribution in [0.1, 0.15) is 111 Å². The monoisotopic (exact) mass is 1200 g/mol. The van der Waals surface area contributed by atoms with E-state index in [9.17, 15) is 76.8 Å². The average molecular weight is 1200 g/mol. The van der Waals surface area contributed by atoms with Crippen molar-refractivity contribution >= 4 is 87.7 Å². The lowest BCUT2D eigenvalue weighted by Gasteiger charge is -2.28. The van der Waals surface area contributed by atoms with E-state index in [1.54, 1.807) is 58.0 Å². The number of nitrogens with zero attached hydrogens (tertiary/aromatic N) is 1. The van der Waals surface area contributed by atoms with Gasteiger partial charge in [-0.2, -0.15) is 0 Å². The van der Waals surface area contributed by atoms with E-state index in [1.807, 2.05) is 0 Å². The molecule has 2 saturated heterocycles. The molecule has 84 heavy (non-hydrogen) atoms. The molecule has 16 N–H and O–H groups in total. The quantitative estimate of drug-likeness (QED) is 0.0281. The molecule has 0 saturated carbocycles. The molecule has 2 aliphatic rings. The highest BCUT2D eigenvalue weighted by atomic mass is 32.2. The smallest absolute Gasteiger partial charge is 0.305 e. The van der Waals surface area contributed by atoms with Crippen molar-refractivity contribution in [2.24, 2.45) is 23.3 Å².